The van der Waals surface area contributed by atoms with E-state index in [1.807, 2.05) is 54.6 Å². The minimum Gasteiger partial charge on any atom is -0.399 e. The number of anilines is 1. The van der Waals surface area contributed by atoms with E-state index in [9.17, 15) is 4.79 Å². The molecule has 1 saturated heterocycles. The lowest BCUT2D eigenvalue weighted by atomic mass is 9.98. The molecule has 4 nitrogen and oxygen atoms in total. The Morgan fingerprint density at radius 1 is 1.00 bits per heavy atom. The molecule has 4 heteroatoms. The van der Waals surface area contributed by atoms with Crippen LogP contribution in [0, 0.1) is 0 Å². The molecule has 1 fully saturated rings. The number of amides is 1. The van der Waals surface area contributed by atoms with Gasteiger partial charge < -0.3 is 11.1 Å². The summed E-state index contributed by atoms with van der Waals surface area (Å²) < 4.78 is 0. The molecule has 1 atom stereocenters. The van der Waals surface area contributed by atoms with Crippen molar-refractivity contribution in [2.75, 3.05) is 18.8 Å². The van der Waals surface area contributed by atoms with Crippen molar-refractivity contribution in [1.29, 1.82) is 0 Å². The minimum absolute atomic E-state index is 0.0235. The zero-order valence-corrected chi connectivity index (χ0v) is 15.8. The molecule has 3 N–H and O–H groups in total. The summed E-state index contributed by atoms with van der Waals surface area (Å²) in [5, 5.41) is 3.22. The van der Waals surface area contributed by atoms with Gasteiger partial charge in [-0.25, -0.2) is 0 Å². The molecule has 1 aliphatic rings. The Morgan fingerprint density at radius 2 is 1.79 bits per heavy atom. The third kappa shape index (κ3) is 4.24. The van der Waals surface area contributed by atoms with Gasteiger partial charge in [0, 0.05) is 36.9 Å². The molecule has 0 spiro atoms. The van der Waals surface area contributed by atoms with Crippen LogP contribution in [-0.4, -0.2) is 29.9 Å². The van der Waals surface area contributed by atoms with E-state index in [-0.39, 0.29) is 11.9 Å². The maximum absolute atomic E-state index is 13.0. The maximum atomic E-state index is 13.0. The average molecular weight is 371 g/mol. The summed E-state index contributed by atoms with van der Waals surface area (Å²) in [4.78, 5) is 15.4. The Labute approximate surface area is 166 Å². The number of carbonyl (C=O) groups excluding carboxylic acids is 1. The first kappa shape index (κ1) is 18.3. The molecule has 4 rings (SSSR count). The molecule has 1 unspecified atom stereocenters. The van der Waals surface area contributed by atoms with Crippen molar-refractivity contribution in [3.05, 3.63) is 90.0 Å². The molecule has 0 aromatic heterocycles. The molecule has 0 saturated carbocycles. The number of benzene rings is 3. The summed E-state index contributed by atoms with van der Waals surface area (Å²) >= 11 is 0. The summed E-state index contributed by atoms with van der Waals surface area (Å²) in [5.41, 5.74) is 10.5. The Hall–Kier alpha value is -3.11. The quantitative estimate of drug-likeness (QED) is 0.668. The van der Waals surface area contributed by atoms with Gasteiger partial charge in [0.15, 0.2) is 0 Å². The zero-order valence-electron chi connectivity index (χ0n) is 15.8. The lowest BCUT2D eigenvalue weighted by molar-refractivity contribution is 0.0938. The lowest BCUT2D eigenvalue weighted by Gasteiger charge is -2.17. The van der Waals surface area contributed by atoms with E-state index in [1.54, 1.807) is 0 Å². The fourth-order valence-corrected chi connectivity index (χ4v) is 3.84. The number of nitrogen functional groups attached to an aromatic ring is 1. The van der Waals surface area contributed by atoms with E-state index in [0.29, 0.717) is 11.3 Å². The number of nitrogens with one attached hydrogen (secondary N) is 1. The van der Waals surface area contributed by atoms with Crippen LogP contribution in [0.25, 0.3) is 11.1 Å². The number of nitrogens with zero attached hydrogens (tertiary/aromatic N) is 1. The molecule has 3 aromatic rings. The fourth-order valence-electron chi connectivity index (χ4n) is 3.84. The van der Waals surface area contributed by atoms with Gasteiger partial charge in [0.25, 0.3) is 5.91 Å². The first-order chi connectivity index (χ1) is 13.7. The molecule has 1 aliphatic heterocycles. The minimum atomic E-state index is -0.0235. The molecule has 0 bridgehead atoms. The molecule has 1 heterocycles. The van der Waals surface area contributed by atoms with Crippen molar-refractivity contribution in [3.8, 4) is 11.1 Å². The average Bonchev–Trinajstić information content (AvgIpc) is 3.15. The van der Waals surface area contributed by atoms with E-state index in [4.69, 9.17) is 5.73 Å². The second-order valence-electron chi connectivity index (χ2n) is 7.35. The van der Waals surface area contributed by atoms with Crippen LogP contribution in [0.3, 0.4) is 0 Å². The van der Waals surface area contributed by atoms with Crippen LogP contribution in [0.5, 0.6) is 0 Å². The summed E-state index contributed by atoms with van der Waals surface area (Å²) in [6.07, 6.45) is 0.971. The molecule has 0 radical (unpaired) electrons. The van der Waals surface area contributed by atoms with Gasteiger partial charge in [0.05, 0.1) is 0 Å². The van der Waals surface area contributed by atoms with Gasteiger partial charge in [-0.3, -0.25) is 9.69 Å². The van der Waals surface area contributed by atoms with E-state index in [1.165, 1.54) is 5.56 Å². The Balaban J connectivity index is 1.44. The summed E-state index contributed by atoms with van der Waals surface area (Å²) in [6.45, 7) is 2.80. The molecular formula is C24H25N3O. The molecule has 142 valence electrons. The molecular weight excluding hydrogens is 346 g/mol. The predicted molar refractivity (Wildman–Crippen MR) is 114 cm³/mol. The number of hydrogen-bond donors (Lipinski definition) is 2. The van der Waals surface area contributed by atoms with Gasteiger partial charge in [-0.15, -0.1) is 0 Å². The van der Waals surface area contributed by atoms with Gasteiger partial charge >= 0.3 is 0 Å². The van der Waals surface area contributed by atoms with Crippen molar-refractivity contribution < 1.29 is 4.79 Å². The first-order valence-corrected chi connectivity index (χ1v) is 9.71. The van der Waals surface area contributed by atoms with Gasteiger partial charge in [0.2, 0.25) is 0 Å². The van der Waals surface area contributed by atoms with Crippen molar-refractivity contribution in [3.63, 3.8) is 0 Å². The smallest absolute Gasteiger partial charge is 0.252 e. The Morgan fingerprint density at radius 3 is 2.61 bits per heavy atom. The number of hydrogen-bond acceptors (Lipinski definition) is 3. The second kappa shape index (κ2) is 8.28. The van der Waals surface area contributed by atoms with E-state index < -0.39 is 0 Å². The molecule has 0 aliphatic carbocycles. The van der Waals surface area contributed by atoms with Crippen LogP contribution >= 0.6 is 0 Å². The number of nitrogens with two attached hydrogens (primary N) is 1. The predicted octanol–water partition coefficient (Wildman–Crippen LogP) is 3.94. The largest absolute Gasteiger partial charge is 0.399 e. The van der Waals surface area contributed by atoms with Gasteiger partial charge in [-0.2, -0.15) is 0 Å². The normalized spacial score (nSPS) is 16.8. The number of rotatable bonds is 5. The van der Waals surface area contributed by atoms with E-state index in [2.05, 4.69) is 34.5 Å². The standard InChI is InChI=1S/C24H25N3O/c25-20-10-6-9-19(15-20)22-11-4-5-12-23(22)24(28)26-21-13-14-27(17-21)16-18-7-2-1-3-8-18/h1-12,15,21H,13-14,16-17,25H2,(H,26,28). The van der Waals surface area contributed by atoms with Gasteiger partial charge in [-0.1, -0.05) is 60.7 Å². The Bertz CT molecular complexity index is 955. The van der Waals surface area contributed by atoms with E-state index >= 15 is 0 Å². The molecule has 3 aromatic carbocycles. The van der Waals surface area contributed by atoms with Crippen LogP contribution in [-0.2, 0) is 6.54 Å². The SMILES string of the molecule is Nc1cccc(-c2ccccc2C(=O)NC2CCN(Cc3ccccc3)C2)c1. The monoisotopic (exact) mass is 371 g/mol. The third-order valence-corrected chi connectivity index (χ3v) is 5.23. The van der Waals surface area contributed by atoms with Crippen LogP contribution in [0.4, 0.5) is 5.69 Å². The highest BCUT2D eigenvalue weighted by Gasteiger charge is 2.25. The van der Waals surface area contributed by atoms with Crippen LogP contribution in [0.15, 0.2) is 78.9 Å². The topological polar surface area (TPSA) is 58.4 Å². The molecule has 1 amide bonds. The van der Waals surface area contributed by atoms with Gasteiger partial charge in [-0.05, 0) is 41.3 Å². The van der Waals surface area contributed by atoms with Crippen LogP contribution in [0.2, 0.25) is 0 Å². The number of carbonyl (C=O) groups is 1. The third-order valence-electron chi connectivity index (χ3n) is 5.23. The lowest BCUT2D eigenvalue weighted by Crippen LogP contribution is -2.37. The van der Waals surface area contributed by atoms with Crippen molar-refractivity contribution in [1.82, 2.24) is 10.2 Å². The van der Waals surface area contributed by atoms with Crippen LogP contribution < -0.4 is 11.1 Å². The molecule has 28 heavy (non-hydrogen) atoms. The summed E-state index contributed by atoms with van der Waals surface area (Å²) in [6, 6.07) is 26.0. The highest BCUT2D eigenvalue weighted by Crippen LogP contribution is 2.25. The fraction of sp³-hybridized carbons (Fsp3) is 0.208. The highest BCUT2D eigenvalue weighted by atomic mass is 16.1. The van der Waals surface area contributed by atoms with Crippen molar-refractivity contribution in [2.24, 2.45) is 0 Å². The zero-order chi connectivity index (χ0) is 19.3. The second-order valence-corrected chi connectivity index (χ2v) is 7.35. The van der Waals surface area contributed by atoms with E-state index in [0.717, 1.165) is 37.2 Å². The van der Waals surface area contributed by atoms with Crippen LogP contribution in [0.1, 0.15) is 22.3 Å². The van der Waals surface area contributed by atoms with Crippen molar-refractivity contribution in [2.45, 2.75) is 19.0 Å². The Kier molecular flexibility index (Phi) is 5.40. The number of likely N-dealkylation sites (tertiary alicyclic amines) is 1. The highest BCUT2D eigenvalue weighted by molar-refractivity contribution is 6.01. The van der Waals surface area contributed by atoms with Gasteiger partial charge in [0.1, 0.15) is 0 Å². The summed E-state index contributed by atoms with van der Waals surface area (Å²) in [5.74, 6) is -0.0235. The van der Waals surface area contributed by atoms with Crippen molar-refractivity contribution >= 4 is 11.6 Å². The first-order valence-electron chi connectivity index (χ1n) is 9.71. The summed E-state index contributed by atoms with van der Waals surface area (Å²) in [7, 11) is 0. The maximum Gasteiger partial charge on any atom is 0.252 e.